The van der Waals surface area contributed by atoms with Gasteiger partial charge in [0.15, 0.2) is 11.5 Å². The van der Waals surface area contributed by atoms with Gasteiger partial charge in [-0.25, -0.2) is 0 Å². The fraction of sp³-hybridized carbons (Fsp3) is 0.478. The highest BCUT2D eigenvalue weighted by Gasteiger charge is 2.25. The first kappa shape index (κ1) is 21.4. The summed E-state index contributed by atoms with van der Waals surface area (Å²) in [6.07, 6.45) is 4.80. The number of ether oxygens (including phenoxy) is 3. The van der Waals surface area contributed by atoms with Gasteiger partial charge >= 0.3 is 0 Å². The van der Waals surface area contributed by atoms with Gasteiger partial charge in [0.2, 0.25) is 0 Å². The molecule has 4 rings (SSSR count). The molecule has 0 radical (unpaired) electrons. The lowest BCUT2D eigenvalue weighted by atomic mass is 10.1. The molecular weight excluding hydrogens is 394 g/mol. The zero-order chi connectivity index (χ0) is 21.6. The average molecular weight is 426 g/mol. The first-order valence-electron chi connectivity index (χ1n) is 10.8. The van der Waals surface area contributed by atoms with E-state index in [0.717, 1.165) is 55.5 Å². The topological polar surface area (TPSA) is 66.6 Å². The van der Waals surface area contributed by atoms with Crippen LogP contribution < -0.4 is 9.47 Å². The van der Waals surface area contributed by atoms with Crippen LogP contribution in [0.2, 0.25) is 0 Å². The largest absolute Gasteiger partial charge is 0.493 e. The Kier molecular flexibility index (Phi) is 6.89. The number of hydrogen-bond acceptors (Lipinski definition) is 6. The van der Waals surface area contributed by atoms with Crippen LogP contribution >= 0.6 is 0 Å². The minimum Gasteiger partial charge on any atom is -0.493 e. The predicted molar refractivity (Wildman–Crippen MR) is 117 cm³/mol. The van der Waals surface area contributed by atoms with Crippen molar-refractivity contribution in [1.82, 2.24) is 24.5 Å². The van der Waals surface area contributed by atoms with Crippen LogP contribution in [0.4, 0.5) is 0 Å². The molecule has 0 bridgehead atoms. The van der Waals surface area contributed by atoms with Gasteiger partial charge in [0.1, 0.15) is 6.10 Å². The van der Waals surface area contributed by atoms with E-state index in [1.54, 1.807) is 7.11 Å². The number of rotatable bonds is 9. The Morgan fingerprint density at radius 1 is 1.23 bits per heavy atom. The Morgan fingerprint density at radius 2 is 2.06 bits per heavy atom. The summed E-state index contributed by atoms with van der Waals surface area (Å²) >= 11 is 0. The molecule has 3 heterocycles. The molecule has 1 atom stereocenters. The Labute approximate surface area is 183 Å². The van der Waals surface area contributed by atoms with Crippen molar-refractivity contribution in [2.45, 2.75) is 32.5 Å². The van der Waals surface area contributed by atoms with Crippen LogP contribution in [0, 0.1) is 0 Å². The number of para-hydroxylation sites is 2. The maximum Gasteiger partial charge on any atom is 0.161 e. The van der Waals surface area contributed by atoms with Crippen molar-refractivity contribution in [3.8, 4) is 11.5 Å². The maximum atomic E-state index is 6.04. The fourth-order valence-electron chi connectivity index (χ4n) is 3.87. The van der Waals surface area contributed by atoms with E-state index in [9.17, 15) is 0 Å². The molecular formula is C23H31N5O3. The van der Waals surface area contributed by atoms with E-state index in [4.69, 9.17) is 19.3 Å². The lowest BCUT2D eigenvalue weighted by Gasteiger charge is -2.31. The molecule has 31 heavy (non-hydrogen) atoms. The number of methoxy groups -OCH3 is 1. The molecule has 1 saturated heterocycles. The van der Waals surface area contributed by atoms with Gasteiger partial charge in [0.25, 0.3) is 0 Å². The van der Waals surface area contributed by atoms with Crippen molar-refractivity contribution in [1.29, 1.82) is 0 Å². The van der Waals surface area contributed by atoms with Gasteiger partial charge < -0.3 is 14.2 Å². The highest BCUT2D eigenvalue weighted by atomic mass is 16.5. The van der Waals surface area contributed by atoms with Crippen LogP contribution in [0.15, 0.2) is 42.7 Å². The van der Waals surface area contributed by atoms with E-state index in [-0.39, 0.29) is 6.10 Å². The third-order valence-corrected chi connectivity index (χ3v) is 5.58. The van der Waals surface area contributed by atoms with Gasteiger partial charge in [-0.15, -0.1) is 0 Å². The number of aryl methyl sites for hydroxylation is 2. The van der Waals surface area contributed by atoms with Crippen molar-refractivity contribution < 1.29 is 14.2 Å². The minimum atomic E-state index is -0.0231. The lowest BCUT2D eigenvalue weighted by molar-refractivity contribution is -0.0352. The second kappa shape index (κ2) is 9.98. The minimum absolute atomic E-state index is 0.0231. The number of morpholine rings is 1. The molecule has 0 unspecified atom stereocenters. The molecule has 166 valence electrons. The molecule has 8 heteroatoms. The van der Waals surface area contributed by atoms with E-state index >= 15 is 0 Å². The normalized spacial score (nSPS) is 17.1. The SMILES string of the molecule is CCn1cc(CN2CCO[C@@H](c3cc(CCOc4ccccc4OC)n(C)n3)C2)cn1. The van der Waals surface area contributed by atoms with Crippen molar-refractivity contribution in [3.63, 3.8) is 0 Å². The summed E-state index contributed by atoms with van der Waals surface area (Å²) in [7, 11) is 3.63. The third-order valence-electron chi connectivity index (χ3n) is 5.58. The molecule has 8 nitrogen and oxygen atoms in total. The standard InChI is InChI=1S/C23H31N5O3/c1-4-28-16-18(14-24-28)15-27-10-12-31-23(17-27)20-13-19(26(2)25-20)9-11-30-22-8-6-5-7-21(22)29-3/h5-8,13-14,16,23H,4,9-12,15,17H2,1-3H3/t23-/m1/s1. The molecule has 0 saturated carbocycles. The zero-order valence-electron chi connectivity index (χ0n) is 18.5. The van der Waals surface area contributed by atoms with E-state index in [1.807, 2.05) is 46.9 Å². The summed E-state index contributed by atoms with van der Waals surface area (Å²) in [5.74, 6) is 1.50. The summed E-state index contributed by atoms with van der Waals surface area (Å²) in [5, 5.41) is 9.10. The van der Waals surface area contributed by atoms with Crippen molar-refractivity contribution in [2.75, 3.05) is 33.4 Å². The number of hydrogen-bond donors (Lipinski definition) is 0. The lowest BCUT2D eigenvalue weighted by Crippen LogP contribution is -2.37. The molecule has 1 fully saturated rings. The van der Waals surface area contributed by atoms with Crippen LogP contribution in [0.3, 0.4) is 0 Å². The van der Waals surface area contributed by atoms with Crippen molar-refractivity contribution >= 4 is 0 Å². The summed E-state index contributed by atoms with van der Waals surface area (Å²) < 4.78 is 21.2. The van der Waals surface area contributed by atoms with Gasteiger partial charge in [0, 0.05) is 57.1 Å². The summed E-state index contributed by atoms with van der Waals surface area (Å²) in [6, 6.07) is 9.83. The number of nitrogens with zero attached hydrogens (tertiary/aromatic N) is 5. The molecule has 0 spiro atoms. The first-order valence-corrected chi connectivity index (χ1v) is 10.8. The Bertz CT molecular complexity index is 983. The van der Waals surface area contributed by atoms with Gasteiger partial charge in [-0.1, -0.05) is 12.1 Å². The molecule has 3 aromatic rings. The number of benzene rings is 1. The quantitative estimate of drug-likeness (QED) is 0.525. The summed E-state index contributed by atoms with van der Waals surface area (Å²) in [5.41, 5.74) is 3.33. The van der Waals surface area contributed by atoms with Gasteiger partial charge in [0.05, 0.1) is 32.2 Å². The summed E-state index contributed by atoms with van der Waals surface area (Å²) in [4.78, 5) is 2.41. The third kappa shape index (κ3) is 5.26. The van der Waals surface area contributed by atoms with Crippen LogP contribution in [0.25, 0.3) is 0 Å². The van der Waals surface area contributed by atoms with Crippen LogP contribution in [-0.2, 0) is 31.3 Å². The molecule has 1 aromatic carbocycles. The van der Waals surface area contributed by atoms with Crippen molar-refractivity contribution in [2.24, 2.45) is 7.05 Å². The van der Waals surface area contributed by atoms with Crippen LogP contribution in [0.5, 0.6) is 11.5 Å². The van der Waals surface area contributed by atoms with Crippen LogP contribution in [-0.4, -0.2) is 57.9 Å². The fourth-order valence-corrected chi connectivity index (χ4v) is 3.87. The predicted octanol–water partition coefficient (Wildman–Crippen LogP) is 2.84. The smallest absolute Gasteiger partial charge is 0.161 e. The highest BCUT2D eigenvalue weighted by Crippen LogP contribution is 2.26. The molecule has 0 aliphatic carbocycles. The second-order valence-corrected chi connectivity index (χ2v) is 7.73. The maximum absolute atomic E-state index is 6.04. The Balaban J connectivity index is 1.34. The molecule has 0 N–H and O–H groups in total. The highest BCUT2D eigenvalue weighted by molar-refractivity contribution is 5.39. The Morgan fingerprint density at radius 3 is 2.84 bits per heavy atom. The summed E-state index contributed by atoms with van der Waals surface area (Å²) in [6.45, 7) is 6.87. The van der Waals surface area contributed by atoms with Gasteiger partial charge in [-0.3, -0.25) is 14.3 Å². The van der Waals surface area contributed by atoms with Crippen molar-refractivity contribution in [3.05, 3.63) is 59.7 Å². The average Bonchev–Trinajstić information content (AvgIpc) is 3.40. The second-order valence-electron chi connectivity index (χ2n) is 7.73. The molecule has 1 aliphatic rings. The van der Waals surface area contributed by atoms with Gasteiger partial charge in [-0.05, 0) is 25.1 Å². The molecule has 1 aliphatic heterocycles. The monoisotopic (exact) mass is 425 g/mol. The first-order chi connectivity index (χ1) is 15.2. The molecule has 2 aromatic heterocycles. The zero-order valence-corrected chi connectivity index (χ0v) is 18.5. The van der Waals surface area contributed by atoms with Crippen LogP contribution in [0.1, 0.15) is 30.0 Å². The molecule has 0 amide bonds. The van der Waals surface area contributed by atoms with E-state index in [2.05, 4.69) is 29.2 Å². The number of aromatic nitrogens is 4. The van der Waals surface area contributed by atoms with E-state index in [0.29, 0.717) is 13.2 Å². The van der Waals surface area contributed by atoms with E-state index < -0.39 is 0 Å². The Hall–Kier alpha value is -2.84. The van der Waals surface area contributed by atoms with Gasteiger partial charge in [-0.2, -0.15) is 10.2 Å². The van der Waals surface area contributed by atoms with E-state index in [1.165, 1.54) is 5.56 Å².